The van der Waals surface area contributed by atoms with Gasteiger partial charge in [-0.3, -0.25) is 14.3 Å². The van der Waals surface area contributed by atoms with Gasteiger partial charge in [0.2, 0.25) is 6.23 Å². The van der Waals surface area contributed by atoms with E-state index in [1.165, 1.54) is 10.8 Å². The second-order valence-corrected chi connectivity index (χ2v) is 5.47. The van der Waals surface area contributed by atoms with E-state index < -0.39 is 35.5 Å². The maximum Gasteiger partial charge on any atom is 0.331 e. The Morgan fingerprint density at radius 2 is 2.05 bits per heavy atom. The average molecular weight is 280 g/mol. The van der Waals surface area contributed by atoms with E-state index in [-0.39, 0.29) is 0 Å². The fourth-order valence-electron chi connectivity index (χ4n) is 2.53. The lowest BCUT2D eigenvalue weighted by atomic mass is 10.2. The molecule has 2 fully saturated rings. The van der Waals surface area contributed by atoms with Crippen molar-refractivity contribution in [3.8, 4) is 0 Å². The van der Waals surface area contributed by atoms with Gasteiger partial charge in [0.05, 0.1) is 0 Å². The number of hydrogen-bond donors (Lipinski definition) is 1. The van der Waals surface area contributed by atoms with E-state index in [1.54, 1.807) is 20.8 Å². The largest absolute Gasteiger partial charge is 0.469 e. The Balaban J connectivity index is 2.04. The summed E-state index contributed by atoms with van der Waals surface area (Å²) in [6.07, 6.45) is -0.136. The first-order valence-electron chi connectivity index (χ1n) is 6.32. The molecule has 7 nitrogen and oxygen atoms in total. The zero-order valence-electron chi connectivity index (χ0n) is 11.5. The van der Waals surface area contributed by atoms with Gasteiger partial charge in [0.1, 0.15) is 11.9 Å². The first kappa shape index (κ1) is 13.1. The Morgan fingerprint density at radius 1 is 1.35 bits per heavy atom. The van der Waals surface area contributed by atoms with Gasteiger partial charge in [0.15, 0.2) is 11.9 Å². The van der Waals surface area contributed by atoms with Crippen molar-refractivity contribution in [1.29, 1.82) is 0 Å². The number of aromatic amines is 1. The van der Waals surface area contributed by atoms with Gasteiger partial charge in [-0.2, -0.15) is 0 Å². The molecule has 0 unspecified atom stereocenters. The van der Waals surface area contributed by atoms with Gasteiger partial charge in [0.25, 0.3) is 5.56 Å². The molecule has 1 aromatic heterocycles. The summed E-state index contributed by atoms with van der Waals surface area (Å²) in [5.41, 5.74) is -0.545. The second-order valence-electron chi connectivity index (χ2n) is 5.47. The van der Waals surface area contributed by atoms with Crippen LogP contribution < -0.4 is 11.2 Å². The van der Waals surface area contributed by atoms with Crippen LogP contribution in [0, 0.1) is 6.92 Å². The number of nitrogens with zero attached hydrogens (tertiary/aromatic N) is 1. The van der Waals surface area contributed by atoms with Crippen molar-refractivity contribution in [2.24, 2.45) is 0 Å². The summed E-state index contributed by atoms with van der Waals surface area (Å²) in [4.78, 5) is 25.6. The smallest absolute Gasteiger partial charge is 0.331 e. The van der Waals surface area contributed by atoms with Crippen LogP contribution in [0.1, 0.15) is 25.6 Å². The number of aromatic nitrogens is 2. The minimum Gasteiger partial charge on any atom is -0.469 e. The highest BCUT2D eigenvalue weighted by molar-refractivity contribution is 5.11. The van der Waals surface area contributed by atoms with Gasteiger partial charge >= 0.3 is 5.69 Å². The summed E-state index contributed by atoms with van der Waals surface area (Å²) in [7, 11) is 0. The predicted molar refractivity (Wildman–Crippen MR) is 69.1 cm³/mol. The maximum absolute atomic E-state index is 11.9. The van der Waals surface area contributed by atoms with Crippen molar-refractivity contribution in [2.45, 2.75) is 45.0 Å². The van der Waals surface area contributed by atoms with Gasteiger partial charge in [-0.1, -0.05) is 6.58 Å². The molecule has 3 rings (SSSR count). The number of ether oxygens (including phenoxy) is 3. The number of nitrogens with one attached hydrogen (secondary N) is 1. The highest BCUT2D eigenvalue weighted by Crippen LogP contribution is 2.43. The maximum atomic E-state index is 11.9. The van der Waals surface area contributed by atoms with Gasteiger partial charge in [-0.05, 0) is 20.8 Å². The molecule has 3 heterocycles. The fraction of sp³-hybridized carbons (Fsp3) is 0.538. The molecular formula is C13H16N2O5. The molecule has 0 spiro atoms. The lowest BCUT2D eigenvalue weighted by molar-refractivity contribution is -0.174. The van der Waals surface area contributed by atoms with Crippen molar-refractivity contribution in [3.63, 3.8) is 0 Å². The third kappa shape index (κ3) is 1.90. The number of hydrogen-bond acceptors (Lipinski definition) is 5. The molecular weight excluding hydrogens is 264 g/mol. The summed E-state index contributed by atoms with van der Waals surface area (Å²) >= 11 is 0. The van der Waals surface area contributed by atoms with Crippen LogP contribution >= 0.6 is 0 Å². The van der Waals surface area contributed by atoms with Crippen LogP contribution in [-0.2, 0) is 14.2 Å². The molecule has 0 aliphatic carbocycles. The number of H-pyrrole nitrogens is 1. The van der Waals surface area contributed by atoms with Gasteiger partial charge < -0.3 is 14.2 Å². The molecule has 0 bridgehead atoms. The van der Waals surface area contributed by atoms with Crippen molar-refractivity contribution in [2.75, 3.05) is 0 Å². The third-order valence-electron chi connectivity index (χ3n) is 3.42. The van der Waals surface area contributed by atoms with E-state index in [9.17, 15) is 9.59 Å². The summed E-state index contributed by atoms with van der Waals surface area (Å²) in [5.74, 6) is -0.345. The van der Waals surface area contributed by atoms with Crippen LogP contribution in [0.5, 0.6) is 0 Å². The van der Waals surface area contributed by atoms with Crippen LogP contribution in [0.15, 0.2) is 28.1 Å². The van der Waals surface area contributed by atoms with E-state index >= 15 is 0 Å². The summed E-state index contributed by atoms with van der Waals surface area (Å²) in [6.45, 7) is 8.99. The van der Waals surface area contributed by atoms with E-state index in [0.717, 1.165) is 0 Å². The first-order valence-corrected chi connectivity index (χ1v) is 6.32. The van der Waals surface area contributed by atoms with Crippen molar-refractivity contribution >= 4 is 0 Å². The zero-order valence-corrected chi connectivity index (χ0v) is 11.5. The average Bonchev–Trinajstić information content (AvgIpc) is 2.80. The lowest BCUT2D eigenvalue weighted by Crippen LogP contribution is -2.38. The lowest BCUT2D eigenvalue weighted by Gasteiger charge is -2.23. The molecule has 0 saturated carbocycles. The zero-order chi connectivity index (χ0) is 14.7. The van der Waals surface area contributed by atoms with Crippen molar-refractivity contribution in [1.82, 2.24) is 9.55 Å². The number of fused-ring (bicyclic) bond motifs is 1. The summed E-state index contributed by atoms with van der Waals surface area (Å²) in [6, 6.07) is 0. The second kappa shape index (κ2) is 4.07. The molecule has 108 valence electrons. The SMILES string of the molecule is C=C1O[C@@H](n2cc(C)c(=O)[nH]c2=O)[C@@H]2OC(C)(C)O[C@H]12. The molecule has 0 radical (unpaired) electrons. The predicted octanol–water partition coefficient (Wildman–Crippen LogP) is 0.408. The highest BCUT2D eigenvalue weighted by atomic mass is 16.8. The van der Waals surface area contributed by atoms with Crippen molar-refractivity contribution in [3.05, 3.63) is 44.9 Å². The van der Waals surface area contributed by atoms with E-state index in [0.29, 0.717) is 11.3 Å². The Labute approximate surface area is 114 Å². The van der Waals surface area contributed by atoms with E-state index in [4.69, 9.17) is 14.2 Å². The highest BCUT2D eigenvalue weighted by Gasteiger charge is 2.54. The fourth-order valence-corrected chi connectivity index (χ4v) is 2.53. The minimum absolute atomic E-state index is 0.413. The molecule has 2 aliphatic rings. The number of aryl methyl sites for hydroxylation is 1. The molecule has 1 aromatic rings. The van der Waals surface area contributed by atoms with Crippen molar-refractivity contribution < 1.29 is 14.2 Å². The minimum atomic E-state index is -0.763. The topological polar surface area (TPSA) is 82.6 Å². The normalized spacial score (nSPS) is 31.1. The molecule has 0 amide bonds. The first-order chi connectivity index (χ1) is 9.28. The molecule has 1 N–H and O–H groups in total. The van der Waals surface area contributed by atoms with E-state index in [2.05, 4.69) is 11.6 Å². The van der Waals surface area contributed by atoms with Gasteiger partial charge in [-0.25, -0.2) is 4.79 Å². The number of rotatable bonds is 1. The Kier molecular flexibility index (Phi) is 2.67. The third-order valence-corrected chi connectivity index (χ3v) is 3.42. The van der Waals surface area contributed by atoms with Crippen LogP contribution in [-0.4, -0.2) is 27.5 Å². The standard InChI is InChI=1S/C13H16N2O5/c1-6-5-15(12(17)14-10(6)16)11-9-8(7(2)18-11)19-13(3,4)20-9/h5,8-9,11H,2H2,1,3-4H3,(H,14,16,17)/t8-,9-,11-/m1/s1. The summed E-state index contributed by atoms with van der Waals surface area (Å²) in [5, 5.41) is 0. The molecule has 2 saturated heterocycles. The van der Waals surface area contributed by atoms with Gasteiger partial charge in [0, 0.05) is 11.8 Å². The van der Waals surface area contributed by atoms with E-state index in [1.807, 2.05) is 0 Å². The molecule has 3 atom stereocenters. The molecule has 0 aromatic carbocycles. The Bertz CT molecular complexity index is 687. The van der Waals surface area contributed by atoms with Crippen LogP contribution in [0.4, 0.5) is 0 Å². The van der Waals surface area contributed by atoms with Crippen LogP contribution in [0.25, 0.3) is 0 Å². The molecule has 2 aliphatic heterocycles. The Morgan fingerprint density at radius 3 is 2.75 bits per heavy atom. The monoisotopic (exact) mass is 280 g/mol. The quantitative estimate of drug-likeness (QED) is 0.805. The molecule has 7 heteroatoms. The Hall–Kier alpha value is -1.86. The van der Waals surface area contributed by atoms with Gasteiger partial charge in [-0.15, -0.1) is 0 Å². The van der Waals surface area contributed by atoms with Crippen LogP contribution in [0.2, 0.25) is 0 Å². The molecule has 20 heavy (non-hydrogen) atoms. The van der Waals surface area contributed by atoms with Crippen LogP contribution in [0.3, 0.4) is 0 Å². The summed E-state index contributed by atoms with van der Waals surface area (Å²) < 4.78 is 18.4.